The average molecular weight is 430 g/mol. The Morgan fingerprint density at radius 3 is 2.53 bits per heavy atom. The number of carbonyl (C=O) groups excluding carboxylic acids is 1. The van der Waals surface area contributed by atoms with Crippen molar-refractivity contribution in [3.63, 3.8) is 0 Å². The highest BCUT2D eigenvalue weighted by Crippen LogP contribution is 2.46. The molecule has 2 fully saturated rings. The van der Waals surface area contributed by atoms with Gasteiger partial charge in [0.15, 0.2) is 5.69 Å². The Labute approximate surface area is 186 Å². The number of carbonyl (C=O) groups is 1. The summed E-state index contributed by atoms with van der Waals surface area (Å²) in [6.07, 6.45) is 6.90. The van der Waals surface area contributed by atoms with E-state index in [4.69, 9.17) is 0 Å². The summed E-state index contributed by atoms with van der Waals surface area (Å²) in [6.45, 7) is 1.17. The highest BCUT2D eigenvalue weighted by Gasteiger charge is 2.42. The summed E-state index contributed by atoms with van der Waals surface area (Å²) in [7, 11) is 0. The van der Waals surface area contributed by atoms with Crippen molar-refractivity contribution >= 4 is 16.7 Å². The van der Waals surface area contributed by atoms with Crippen LogP contribution in [-0.2, 0) is 18.4 Å². The first-order valence-electron chi connectivity index (χ1n) is 11.7. The van der Waals surface area contributed by atoms with Gasteiger partial charge < -0.3 is 14.6 Å². The third-order valence-electron chi connectivity index (χ3n) is 7.67. The van der Waals surface area contributed by atoms with Crippen LogP contribution < -0.4 is 5.56 Å². The molecule has 6 nitrogen and oxygen atoms in total. The number of nitrogens with zero attached hydrogens (tertiary/aromatic N) is 3. The SMILES string of the molecule is O=C1c2c(O)c(=O)nc(CC3(c4cccc5ccccc45)CCCC3)n2CCN1C1CC1. The number of benzene rings is 2. The van der Waals surface area contributed by atoms with Crippen LogP contribution in [0.25, 0.3) is 10.8 Å². The molecular formula is C26H27N3O3. The summed E-state index contributed by atoms with van der Waals surface area (Å²) < 4.78 is 1.82. The predicted octanol–water partition coefficient (Wildman–Crippen LogP) is 3.77. The van der Waals surface area contributed by atoms with Crippen molar-refractivity contribution in [2.75, 3.05) is 6.54 Å². The Hall–Kier alpha value is -3.15. The second-order valence-corrected chi connectivity index (χ2v) is 9.60. The number of aromatic nitrogens is 2. The molecule has 0 spiro atoms. The molecule has 2 saturated carbocycles. The Balaban J connectivity index is 1.48. The van der Waals surface area contributed by atoms with E-state index >= 15 is 0 Å². The second kappa shape index (κ2) is 7.19. The van der Waals surface area contributed by atoms with Crippen LogP contribution in [0.2, 0.25) is 0 Å². The first-order chi connectivity index (χ1) is 15.6. The predicted molar refractivity (Wildman–Crippen MR) is 122 cm³/mol. The molecule has 0 unspecified atom stereocenters. The number of hydrogen-bond donors (Lipinski definition) is 1. The molecule has 164 valence electrons. The van der Waals surface area contributed by atoms with Gasteiger partial charge in [0.2, 0.25) is 5.75 Å². The van der Waals surface area contributed by atoms with Crippen molar-refractivity contribution in [3.8, 4) is 5.75 Å². The Kier molecular flexibility index (Phi) is 4.39. The third-order valence-corrected chi connectivity index (χ3v) is 7.67. The van der Waals surface area contributed by atoms with Crippen molar-refractivity contribution in [3.05, 3.63) is 69.9 Å². The van der Waals surface area contributed by atoms with Crippen LogP contribution in [0.1, 0.15) is 60.4 Å². The van der Waals surface area contributed by atoms with Gasteiger partial charge in [0.25, 0.3) is 5.91 Å². The van der Waals surface area contributed by atoms with Crippen LogP contribution in [0, 0.1) is 0 Å². The summed E-state index contributed by atoms with van der Waals surface area (Å²) in [5.41, 5.74) is 0.605. The molecule has 0 saturated heterocycles. The Bertz CT molecular complexity index is 1280. The summed E-state index contributed by atoms with van der Waals surface area (Å²) in [6, 6.07) is 15.2. The molecule has 6 heteroatoms. The molecule has 1 amide bonds. The van der Waals surface area contributed by atoms with Gasteiger partial charge in [0.1, 0.15) is 5.82 Å². The smallest absolute Gasteiger partial charge is 0.315 e. The molecule has 1 aliphatic heterocycles. The average Bonchev–Trinajstić information content (AvgIpc) is 3.54. The zero-order valence-corrected chi connectivity index (χ0v) is 18.1. The van der Waals surface area contributed by atoms with Gasteiger partial charge >= 0.3 is 5.56 Å². The minimum Gasteiger partial charge on any atom is -0.501 e. The van der Waals surface area contributed by atoms with Crippen LogP contribution in [0.4, 0.5) is 0 Å². The maximum atomic E-state index is 13.2. The van der Waals surface area contributed by atoms with Crippen LogP contribution in [-0.4, -0.2) is 38.1 Å². The zero-order chi connectivity index (χ0) is 21.9. The molecule has 0 atom stereocenters. The molecule has 32 heavy (non-hydrogen) atoms. The van der Waals surface area contributed by atoms with Crippen LogP contribution >= 0.6 is 0 Å². The van der Waals surface area contributed by atoms with E-state index in [0.717, 1.165) is 38.5 Å². The number of rotatable bonds is 4. The van der Waals surface area contributed by atoms with Gasteiger partial charge in [-0.3, -0.25) is 9.59 Å². The Morgan fingerprint density at radius 2 is 1.75 bits per heavy atom. The fourth-order valence-electron chi connectivity index (χ4n) is 5.94. The minimum atomic E-state index is -0.691. The molecule has 2 aliphatic carbocycles. The summed E-state index contributed by atoms with van der Waals surface area (Å²) in [4.78, 5) is 31.9. The molecule has 3 aromatic rings. The van der Waals surface area contributed by atoms with E-state index in [1.165, 1.54) is 16.3 Å². The van der Waals surface area contributed by atoms with E-state index in [1.54, 1.807) is 0 Å². The molecule has 1 N–H and O–H groups in total. The molecule has 0 radical (unpaired) electrons. The molecular weight excluding hydrogens is 402 g/mol. The zero-order valence-electron chi connectivity index (χ0n) is 18.1. The Morgan fingerprint density at radius 1 is 1.00 bits per heavy atom. The van der Waals surface area contributed by atoms with Crippen molar-refractivity contribution in [2.45, 2.75) is 62.9 Å². The summed E-state index contributed by atoms with van der Waals surface area (Å²) >= 11 is 0. The van der Waals surface area contributed by atoms with E-state index in [-0.39, 0.29) is 23.1 Å². The fraction of sp³-hybridized carbons (Fsp3) is 0.423. The largest absolute Gasteiger partial charge is 0.501 e. The topological polar surface area (TPSA) is 75.4 Å². The normalized spacial score (nSPS) is 20.0. The number of aromatic hydroxyl groups is 1. The maximum absolute atomic E-state index is 13.2. The maximum Gasteiger partial charge on any atom is 0.315 e. The highest BCUT2D eigenvalue weighted by atomic mass is 16.3. The molecule has 1 aromatic heterocycles. The molecule has 2 aromatic carbocycles. The first kappa shape index (κ1) is 19.5. The highest BCUT2D eigenvalue weighted by molar-refractivity contribution is 5.96. The van der Waals surface area contributed by atoms with Crippen molar-refractivity contribution in [1.82, 2.24) is 14.5 Å². The van der Waals surface area contributed by atoms with Crippen LogP contribution in [0.5, 0.6) is 5.75 Å². The van der Waals surface area contributed by atoms with Gasteiger partial charge in [-0.25, -0.2) is 0 Å². The fourth-order valence-corrected chi connectivity index (χ4v) is 5.94. The van der Waals surface area contributed by atoms with Crippen LogP contribution in [0.3, 0.4) is 0 Å². The molecule has 6 rings (SSSR count). The van der Waals surface area contributed by atoms with E-state index < -0.39 is 11.3 Å². The summed E-state index contributed by atoms with van der Waals surface area (Å²) in [5.74, 6) is -0.112. The lowest BCUT2D eigenvalue weighted by Crippen LogP contribution is -2.45. The van der Waals surface area contributed by atoms with Crippen molar-refractivity contribution < 1.29 is 9.90 Å². The number of fused-ring (bicyclic) bond motifs is 2. The molecule has 0 bridgehead atoms. The van der Waals surface area contributed by atoms with Gasteiger partial charge in [0.05, 0.1) is 0 Å². The number of hydrogen-bond acceptors (Lipinski definition) is 4. The van der Waals surface area contributed by atoms with Gasteiger partial charge in [-0.1, -0.05) is 55.3 Å². The molecule has 2 heterocycles. The lowest BCUT2D eigenvalue weighted by Gasteiger charge is -2.35. The summed E-state index contributed by atoms with van der Waals surface area (Å²) in [5, 5.41) is 13.0. The monoisotopic (exact) mass is 429 g/mol. The van der Waals surface area contributed by atoms with Crippen molar-refractivity contribution in [2.24, 2.45) is 0 Å². The van der Waals surface area contributed by atoms with Gasteiger partial charge in [0, 0.05) is 31.0 Å². The lowest BCUT2D eigenvalue weighted by molar-refractivity contribution is 0.0678. The van der Waals surface area contributed by atoms with E-state index in [1.807, 2.05) is 9.47 Å². The third kappa shape index (κ3) is 2.96. The molecule has 3 aliphatic rings. The van der Waals surface area contributed by atoms with E-state index in [2.05, 4.69) is 47.4 Å². The van der Waals surface area contributed by atoms with Gasteiger partial charge in [-0.15, -0.1) is 0 Å². The second-order valence-electron chi connectivity index (χ2n) is 9.60. The van der Waals surface area contributed by atoms with E-state index in [9.17, 15) is 14.7 Å². The van der Waals surface area contributed by atoms with Crippen LogP contribution in [0.15, 0.2) is 47.3 Å². The number of amides is 1. The van der Waals surface area contributed by atoms with Gasteiger partial charge in [-0.05, 0) is 42.0 Å². The van der Waals surface area contributed by atoms with Crippen molar-refractivity contribution in [1.29, 1.82) is 0 Å². The lowest BCUT2D eigenvalue weighted by atomic mass is 9.74. The standard InChI is InChI=1S/C26H27N3O3/c30-23-22-25(32)28(18-10-11-18)14-15-29(22)21(27-24(23)31)16-26(12-3-4-13-26)20-9-5-7-17-6-1-2-8-19(17)20/h1-2,5-9,18,30H,3-4,10-16H2. The minimum absolute atomic E-state index is 0.129. The quantitative estimate of drug-likeness (QED) is 0.685. The van der Waals surface area contributed by atoms with Gasteiger partial charge in [-0.2, -0.15) is 4.98 Å². The van der Waals surface area contributed by atoms with E-state index in [0.29, 0.717) is 25.3 Å². The first-order valence-corrected chi connectivity index (χ1v) is 11.7.